The number of hydrogen-bond acceptors (Lipinski definition) is 5. The number of nitrogens with zero attached hydrogens (tertiary/aromatic N) is 4. The summed E-state index contributed by atoms with van der Waals surface area (Å²) >= 11 is 5.87. The lowest BCUT2D eigenvalue weighted by Gasteiger charge is -2.10. The quantitative estimate of drug-likeness (QED) is 0.554. The van der Waals surface area contributed by atoms with Gasteiger partial charge >= 0.3 is 0 Å². The second kappa shape index (κ2) is 6.57. The minimum atomic E-state index is 0.491. The highest BCUT2D eigenvalue weighted by atomic mass is 35.5. The number of nitrogens with one attached hydrogen (secondary N) is 1. The lowest BCUT2D eigenvalue weighted by Crippen LogP contribution is -2.15. The fourth-order valence-electron chi connectivity index (χ4n) is 2.64. The van der Waals surface area contributed by atoms with Crippen molar-refractivity contribution in [3.05, 3.63) is 59.4 Å². The van der Waals surface area contributed by atoms with Gasteiger partial charge in [-0.3, -0.25) is 0 Å². The van der Waals surface area contributed by atoms with Crippen molar-refractivity contribution in [2.24, 2.45) is 0 Å². The predicted molar refractivity (Wildman–Crippen MR) is 98.5 cm³/mol. The van der Waals surface area contributed by atoms with Crippen molar-refractivity contribution in [1.29, 1.82) is 0 Å². The SMILES string of the molecule is Cc1nc2c3ccccc3nc(NCCOc3ccc(Cl)cc3)n2n1. The van der Waals surface area contributed by atoms with Crippen molar-refractivity contribution < 1.29 is 4.74 Å². The Kier molecular flexibility index (Phi) is 4.11. The van der Waals surface area contributed by atoms with E-state index in [0.29, 0.717) is 29.9 Å². The first-order valence-electron chi connectivity index (χ1n) is 7.95. The molecule has 126 valence electrons. The number of halogens is 1. The van der Waals surface area contributed by atoms with E-state index in [9.17, 15) is 0 Å². The van der Waals surface area contributed by atoms with Gasteiger partial charge in [0.15, 0.2) is 5.65 Å². The van der Waals surface area contributed by atoms with Crippen LogP contribution < -0.4 is 10.1 Å². The third-order valence-corrected chi connectivity index (χ3v) is 4.00. The lowest BCUT2D eigenvalue weighted by atomic mass is 10.2. The van der Waals surface area contributed by atoms with Crippen LogP contribution in [0.25, 0.3) is 16.6 Å². The van der Waals surface area contributed by atoms with Gasteiger partial charge in [-0.1, -0.05) is 23.7 Å². The van der Waals surface area contributed by atoms with Gasteiger partial charge in [0.05, 0.1) is 12.1 Å². The standard InChI is InChI=1S/C18H16ClN5O/c1-12-21-17-15-4-2-3-5-16(15)22-18(24(17)23-12)20-10-11-25-14-8-6-13(19)7-9-14/h2-9H,10-11H2,1H3,(H,20,22). The Labute approximate surface area is 149 Å². The summed E-state index contributed by atoms with van der Waals surface area (Å²) in [6.07, 6.45) is 0. The van der Waals surface area contributed by atoms with Crippen molar-refractivity contribution in [3.63, 3.8) is 0 Å². The first kappa shape index (κ1) is 15.7. The van der Waals surface area contributed by atoms with Gasteiger partial charge in [-0.2, -0.15) is 4.52 Å². The summed E-state index contributed by atoms with van der Waals surface area (Å²) in [5, 5.41) is 9.38. The summed E-state index contributed by atoms with van der Waals surface area (Å²) in [6, 6.07) is 15.2. The summed E-state index contributed by atoms with van der Waals surface area (Å²) < 4.78 is 7.43. The van der Waals surface area contributed by atoms with E-state index in [1.807, 2.05) is 43.3 Å². The minimum absolute atomic E-state index is 0.491. The Bertz CT molecular complexity index is 1030. The molecular weight excluding hydrogens is 338 g/mol. The average Bonchev–Trinajstić information content (AvgIpc) is 3.02. The second-order valence-corrected chi connectivity index (χ2v) is 6.01. The number of ether oxygens (including phenoxy) is 1. The van der Waals surface area contributed by atoms with Crippen LogP contribution in [0.4, 0.5) is 5.95 Å². The fourth-order valence-corrected chi connectivity index (χ4v) is 2.76. The van der Waals surface area contributed by atoms with Crippen LogP contribution in [0.2, 0.25) is 5.02 Å². The molecule has 25 heavy (non-hydrogen) atoms. The highest BCUT2D eigenvalue weighted by Gasteiger charge is 2.11. The van der Waals surface area contributed by atoms with Gasteiger partial charge in [-0.15, -0.1) is 5.10 Å². The van der Waals surface area contributed by atoms with E-state index >= 15 is 0 Å². The molecule has 0 aliphatic heterocycles. The molecule has 1 N–H and O–H groups in total. The van der Waals surface area contributed by atoms with Crippen LogP contribution in [0.3, 0.4) is 0 Å². The Morgan fingerprint density at radius 3 is 2.72 bits per heavy atom. The largest absolute Gasteiger partial charge is 0.492 e. The molecular formula is C18H16ClN5O. The van der Waals surface area contributed by atoms with Gasteiger partial charge in [0, 0.05) is 10.4 Å². The molecule has 7 heteroatoms. The molecule has 0 atom stereocenters. The average molecular weight is 354 g/mol. The maximum absolute atomic E-state index is 5.87. The van der Waals surface area contributed by atoms with Gasteiger partial charge in [-0.25, -0.2) is 9.97 Å². The summed E-state index contributed by atoms with van der Waals surface area (Å²) in [5.74, 6) is 2.13. The van der Waals surface area contributed by atoms with Gasteiger partial charge in [0.1, 0.15) is 18.2 Å². The van der Waals surface area contributed by atoms with Gasteiger partial charge in [0.2, 0.25) is 5.95 Å². The van der Waals surface area contributed by atoms with Crippen molar-refractivity contribution in [3.8, 4) is 5.75 Å². The number of benzene rings is 2. The van der Waals surface area contributed by atoms with E-state index in [-0.39, 0.29) is 0 Å². The van der Waals surface area contributed by atoms with Gasteiger partial charge in [0.25, 0.3) is 0 Å². The maximum atomic E-state index is 5.87. The van der Waals surface area contributed by atoms with Crippen molar-refractivity contribution in [2.75, 3.05) is 18.5 Å². The fraction of sp³-hybridized carbons (Fsp3) is 0.167. The maximum Gasteiger partial charge on any atom is 0.226 e. The predicted octanol–water partition coefficient (Wildman–Crippen LogP) is 3.73. The number of anilines is 1. The molecule has 4 aromatic rings. The Balaban J connectivity index is 1.53. The molecule has 2 aromatic carbocycles. The summed E-state index contributed by atoms with van der Waals surface area (Å²) in [5.41, 5.74) is 1.67. The van der Waals surface area contributed by atoms with Crippen molar-refractivity contribution >= 4 is 34.1 Å². The van der Waals surface area contributed by atoms with E-state index in [1.54, 1.807) is 16.6 Å². The molecule has 0 unspecified atom stereocenters. The van der Waals surface area contributed by atoms with E-state index in [1.165, 1.54) is 0 Å². The number of aromatic nitrogens is 4. The van der Waals surface area contributed by atoms with E-state index < -0.39 is 0 Å². The molecule has 0 amide bonds. The second-order valence-electron chi connectivity index (χ2n) is 5.58. The molecule has 0 spiro atoms. The number of para-hydroxylation sites is 1. The summed E-state index contributed by atoms with van der Waals surface area (Å²) in [7, 11) is 0. The van der Waals surface area contributed by atoms with E-state index in [0.717, 1.165) is 22.3 Å². The smallest absolute Gasteiger partial charge is 0.226 e. The molecule has 4 rings (SSSR count). The Morgan fingerprint density at radius 2 is 1.88 bits per heavy atom. The lowest BCUT2D eigenvalue weighted by molar-refractivity contribution is 0.332. The van der Waals surface area contributed by atoms with Gasteiger partial charge < -0.3 is 10.1 Å². The Morgan fingerprint density at radius 1 is 1.08 bits per heavy atom. The van der Waals surface area contributed by atoms with Crippen molar-refractivity contribution in [1.82, 2.24) is 19.6 Å². The molecule has 0 bridgehead atoms. The highest BCUT2D eigenvalue weighted by molar-refractivity contribution is 6.30. The first-order valence-corrected chi connectivity index (χ1v) is 8.33. The zero-order valence-corrected chi connectivity index (χ0v) is 14.4. The number of aryl methyl sites for hydroxylation is 1. The van der Waals surface area contributed by atoms with Crippen LogP contribution in [0.5, 0.6) is 5.75 Å². The number of rotatable bonds is 5. The Hall–Kier alpha value is -2.86. The third kappa shape index (κ3) is 3.21. The van der Waals surface area contributed by atoms with Crippen molar-refractivity contribution in [2.45, 2.75) is 6.92 Å². The van der Waals surface area contributed by atoms with Crippen LogP contribution in [-0.2, 0) is 0 Å². The van der Waals surface area contributed by atoms with Crippen LogP contribution in [0.1, 0.15) is 5.82 Å². The van der Waals surface area contributed by atoms with E-state index in [4.69, 9.17) is 16.3 Å². The molecule has 0 fully saturated rings. The van der Waals surface area contributed by atoms with E-state index in [2.05, 4.69) is 20.4 Å². The molecule has 0 aliphatic rings. The topological polar surface area (TPSA) is 64.3 Å². The summed E-state index contributed by atoms with van der Waals surface area (Å²) in [6.45, 7) is 2.95. The molecule has 0 saturated heterocycles. The van der Waals surface area contributed by atoms with Crippen LogP contribution in [0, 0.1) is 6.92 Å². The zero-order chi connectivity index (χ0) is 17.2. The normalized spacial score (nSPS) is 11.1. The molecule has 0 saturated carbocycles. The number of fused-ring (bicyclic) bond motifs is 3. The monoisotopic (exact) mass is 353 g/mol. The molecule has 0 aliphatic carbocycles. The summed E-state index contributed by atoms with van der Waals surface area (Å²) in [4.78, 5) is 9.16. The van der Waals surface area contributed by atoms with Crippen LogP contribution in [0.15, 0.2) is 48.5 Å². The molecule has 0 radical (unpaired) electrons. The van der Waals surface area contributed by atoms with Crippen LogP contribution >= 0.6 is 11.6 Å². The van der Waals surface area contributed by atoms with Crippen LogP contribution in [-0.4, -0.2) is 32.7 Å². The molecule has 6 nitrogen and oxygen atoms in total. The third-order valence-electron chi connectivity index (χ3n) is 3.75. The molecule has 2 aromatic heterocycles. The minimum Gasteiger partial charge on any atom is -0.492 e. The molecule has 2 heterocycles. The first-order chi connectivity index (χ1) is 12.2. The van der Waals surface area contributed by atoms with Gasteiger partial charge in [-0.05, 0) is 43.3 Å². The zero-order valence-electron chi connectivity index (χ0n) is 13.6. The highest BCUT2D eigenvalue weighted by Crippen LogP contribution is 2.20. The number of hydrogen-bond donors (Lipinski definition) is 1.